The van der Waals surface area contributed by atoms with Crippen LogP contribution in [0.15, 0.2) is 64.1 Å². The fourth-order valence-corrected chi connectivity index (χ4v) is 3.45. The highest BCUT2D eigenvalue weighted by atomic mass is 16.5. The molecule has 2 aromatic carbocycles. The van der Waals surface area contributed by atoms with Crippen LogP contribution in [-0.2, 0) is 6.42 Å². The molecule has 0 aliphatic heterocycles. The van der Waals surface area contributed by atoms with E-state index in [1.807, 2.05) is 69.4 Å². The number of hydrogen-bond donors (Lipinski definition) is 0. The third-order valence-corrected chi connectivity index (χ3v) is 4.82. The van der Waals surface area contributed by atoms with E-state index in [1.54, 1.807) is 10.9 Å². The Morgan fingerprint density at radius 1 is 1.14 bits per heavy atom. The molecule has 0 atom stereocenters. The van der Waals surface area contributed by atoms with Gasteiger partial charge >= 0.3 is 0 Å². The Kier molecular flexibility index (Phi) is 4.74. The van der Waals surface area contributed by atoms with Crippen molar-refractivity contribution in [3.63, 3.8) is 0 Å². The molecule has 0 amide bonds. The van der Waals surface area contributed by atoms with Gasteiger partial charge in [0.05, 0.1) is 29.4 Å². The van der Waals surface area contributed by atoms with Crippen LogP contribution in [0.5, 0.6) is 5.75 Å². The SMILES string of the molecule is CCOc1cc2oc(C)c(-c3cnn(-c4ccccc4)c3)c(=O)c2cc1CC. The van der Waals surface area contributed by atoms with E-state index in [9.17, 15) is 4.79 Å². The van der Waals surface area contributed by atoms with Crippen molar-refractivity contribution in [3.8, 4) is 22.6 Å². The fraction of sp³-hybridized carbons (Fsp3) is 0.217. The van der Waals surface area contributed by atoms with Crippen LogP contribution in [0.3, 0.4) is 0 Å². The minimum Gasteiger partial charge on any atom is -0.493 e. The van der Waals surface area contributed by atoms with Crippen LogP contribution in [-0.4, -0.2) is 16.4 Å². The zero-order valence-electron chi connectivity index (χ0n) is 16.2. The largest absolute Gasteiger partial charge is 0.493 e. The molecule has 0 radical (unpaired) electrons. The van der Waals surface area contributed by atoms with Crippen molar-refractivity contribution >= 4 is 11.0 Å². The summed E-state index contributed by atoms with van der Waals surface area (Å²) in [4.78, 5) is 13.3. The average Bonchev–Trinajstić information content (AvgIpc) is 3.18. The maximum atomic E-state index is 13.3. The molecule has 0 N–H and O–H groups in total. The molecule has 5 heteroatoms. The van der Waals surface area contributed by atoms with Gasteiger partial charge in [-0.05, 0) is 44.0 Å². The summed E-state index contributed by atoms with van der Waals surface area (Å²) in [6.07, 6.45) is 4.34. The van der Waals surface area contributed by atoms with Gasteiger partial charge in [0, 0.05) is 17.8 Å². The molecule has 28 heavy (non-hydrogen) atoms. The van der Waals surface area contributed by atoms with Crippen LogP contribution in [0.4, 0.5) is 0 Å². The summed E-state index contributed by atoms with van der Waals surface area (Å²) in [5.74, 6) is 1.33. The van der Waals surface area contributed by atoms with E-state index in [4.69, 9.17) is 9.15 Å². The maximum Gasteiger partial charge on any atom is 0.200 e. The molecule has 0 spiro atoms. The highest BCUT2D eigenvalue weighted by Crippen LogP contribution is 2.29. The van der Waals surface area contributed by atoms with Gasteiger partial charge in [0.1, 0.15) is 17.1 Å². The Balaban J connectivity index is 1.87. The van der Waals surface area contributed by atoms with E-state index in [2.05, 4.69) is 5.10 Å². The smallest absolute Gasteiger partial charge is 0.200 e. The van der Waals surface area contributed by atoms with E-state index >= 15 is 0 Å². The van der Waals surface area contributed by atoms with Crippen LogP contribution in [0, 0.1) is 6.92 Å². The van der Waals surface area contributed by atoms with Crippen LogP contribution >= 0.6 is 0 Å². The Hall–Kier alpha value is -3.34. The Morgan fingerprint density at radius 2 is 1.93 bits per heavy atom. The summed E-state index contributed by atoms with van der Waals surface area (Å²) in [5.41, 5.74) is 3.71. The van der Waals surface area contributed by atoms with Gasteiger partial charge in [-0.2, -0.15) is 5.10 Å². The lowest BCUT2D eigenvalue weighted by Gasteiger charge is -2.11. The summed E-state index contributed by atoms with van der Waals surface area (Å²) in [7, 11) is 0. The maximum absolute atomic E-state index is 13.3. The molecule has 142 valence electrons. The summed E-state index contributed by atoms with van der Waals surface area (Å²) in [6, 6.07) is 13.5. The quantitative estimate of drug-likeness (QED) is 0.498. The molecule has 0 saturated heterocycles. The second-order valence-corrected chi connectivity index (χ2v) is 6.61. The van der Waals surface area contributed by atoms with Gasteiger partial charge in [-0.15, -0.1) is 0 Å². The zero-order valence-corrected chi connectivity index (χ0v) is 16.2. The molecule has 0 bridgehead atoms. The number of aryl methyl sites for hydroxylation is 2. The average molecular weight is 374 g/mol. The van der Waals surface area contributed by atoms with E-state index in [0.717, 1.165) is 29.0 Å². The topological polar surface area (TPSA) is 57.3 Å². The number of hydrogen-bond acceptors (Lipinski definition) is 4. The van der Waals surface area contributed by atoms with Crippen LogP contribution in [0.2, 0.25) is 0 Å². The third kappa shape index (κ3) is 3.09. The summed E-state index contributed by atoms with van der Waals surface area (Å²) in [5, 5.41) is 4.98. The highest BCUT2D eigenvalue weighted by Gasteiger charge is 2.17. The molecule has 0 unspecified atom stereocenters. The van der Waals surface area contributed by atoms with Crippen LogP contribution < -0.4 is 10.2 Å². The molecular formula is C23H22N2O3. The van der Waals surface area contributed by atoms with Gasteiger partial charge < -0.3 is 9.15 Å². The monoisotopic (exact) mass is 374 g/mol. The van der Waals surface area contributed by atoms with Crippen LogP contribution in [0.1, 0.15) is 25.2 Å². The van der Waals surface area contributed by atoms with Gasteiger partial charge in [0.25, 0.3) is 0 Å². The summed E-state index contributed by atoms with van der Waals surface area (Å²) >= 11 is 0. The molecule has 0 saturated carbocycles. The Morgan fingerprint density at radius 3 is 2.64 bits per heavy atom. The van der Waals surface area contributed by atoms with Crippen molar-refractivity contribution in [3.05, 3.63) is 76.4 Å². The number of para-hydroxylation sites is 1. The predicted molar refractivity (Wildman–Crippen MR) is 110 cm³/mol. The van der Waals surface area contributed by atoms with Gasteiger partial charge in [0.15, 0.2) is 0 Å². The number of aromatic nitrogens is 2. The first-order chi connectivity index (χ1) is 13.6. The first kappa shape index (κ1) is 18.0. The van der Waals surface area contributed by atoms with Crippen molar-refractivity contribution in [1.82, 2.24) is 9.78 Å². The number of nitrogens with zero attached hydrogens (tertiary/aromatic N) is 2. The third-order valence-electron chi connectivity index (χ3n) is 4.82. The molecule has 0 aliphatic carbocycles. The minimum absolute atomic E-state index is 0.0517. The first-order valence-corrected chi connectivity index (χ1v) is 9.46. The van der Waals surface area contributed by atoms with E-state index in [0.29, 0.717) is 28.9 Å². The number of rotatable bonds is 5. The molecule has 0 aliphatic rings. The molecule has 0 fully saturated rings. The van der Waals surface area contributed by atoms with Crippen molar-refractivity contribution in [1.29, 1.82) is 0 Å². The van der Waals surface area contributed by atoms with E-state index < -0.39 is 0 Å². The molecule has 4 rings (SSSR count). The van der Waals surface area contributed by atoms with Crippen molar-refractivity contribution in [2.24, 2.45) is 0 Å². The Bertz CT molecular complexity index is 1190. The lowest BCUT2D eigenvalue weighted by molar-refractivity contribution is 0.336. The molecule has 2 aromatic heterocycles. The minimum atomic E-state index is -0.0517. The van der Waals surface area contributed by atoms with Crippen molar-refractivity contribution in [2.45, 2.75) is 27.2 Å². The van der Waals surface area contributed by atoms with Gasteiger partial charge in [-0.25, -0.2) is 4.68 Å². The predicted octanol–water partition coefficient (Wildman–Crippen LogP) is 4.92. The number of ether oxygens (including phenoxy) is 1. The van der Waals surface area contributed by atoms with Crippen molar-refractivity contribution < 1.29 is 9.15 Å². The fourth-order valence-electron chi connectivity index (χ4n) is 3.45. The zero-order chi connectivity index (χ0) is 19.7. The van der Waals surface area contributed by atoms with E-state index in [-0.39, 0.29) is 5.43 Å². The van der Waals surface area contributed by atoms with Gasteiger partial charge in [-0.3, -0.25) is 4.79 Å². The number of fused-ring (bicyclic) bond motifs is 1. The van der Waals surface area contributed by atoms with Crippen LogP contribution in [0.25, 0.3) is 27.8 Å². The molecule has 5 nitrogen and oxygen atoms in total. The lowest BCUT2D eigenvalue weighted by atomic mass is 10.0. The normalized spacial score (nSPS) is 11.1. The summed E-state index contributed by atoms with van der Waals surface area (Å²) in [6.45, 7) is 6.37. The molecular weight excluding hydrogens is 352 g/mol. The van der Waals surface area contributed by atoms with Gasteiger partial charge in [-0.1, -0.05) is 25.1 Å². The number of benzene rings is 2. The van der Waals surface area contributed by atoms with Crippen molar-refractivity contribution in [2.75, 3.05) is 6.61 Å². The summed E-state index contributed by atoms with van der Waals surface area (Å²) < 4.78 is 13.5. The van der Waals surface area contributed by atoms with E-state index in [1.165, 1.54) is 0 Å². The molecule has 2 heterocycles. The Labute approximate surface area is 163 Å². The highest BCUT2D eigenvalue weighted by molar-refractivity contribution is 5.84. The molecule has 4 aromatic rings. The second kappa shape index (κ2) is 7.35. The van der Waals surface area contributed by atoms with Gasteiger partial charge in [0.2, 0.25) is 5.43 Å². The first-order valence-electron chi connectivity index (χ1n) is 9.46. The standard InChI is InChI=1S/C23H22N2O3/c1-4-16-11-19-21(12-20(16)27-5-2)28-15(3)22(23(19)26)17-13-24-25(14-17)18-9-7-6-8-10-18/h6-14H,4-5H2,1-3H3. The second-order valence-electron chi connectivity index (χ2n) is 6.61. The lowest BCUT2D eigenvalue weighted by Crippen LogP contribution is -2.08.